The van der Waals surface area contributed by atoms with Gasteiger partial charge in [-0.1, -0.05) is 71.3 Å². The molecule has 1 heterocycles. The molecule has 2 saturated carbocycles. The number of benzene rings is 1. The van der Waals surface area contributed by atoms with Crippen LogP contribution in [0.4, 0.5) is 5.13 Å². The maximum absolute atomic E-state index is 13.2. The van der Waals surface area contributed by atoms with Crippen molar-refractivity contribution in [1.82, 2.24) is 4.98 Å². The van der Waals surface area contributed by atoms with Crippen molar-refractivity contribution < 1.29 is 19.7 Å². The lowest BCUT2D eigenvalue weighted by Gasteiger charge is -2.51. The first-order valence-corrected chi connectivity index (χ1v) is 18.5. The number of rotatable bonds is 16. The number of aliphatic hydroxyl groups excluding tert-OH is 1. The topological polar surface area (TPSA) is 91.7 Å². The molecule has 7 heteroatoms. The van der Waals surface area contributed by atoms with Crippen molar-refractivity contribution in [3.63, 3.8) is 0 Å². The standard InChI is InChI=1S/C37H56N2O4S/c1-4-5-6-7-8-9-10-11-12-13-34(42)43-32-23-27(15-19-33(41)39-36-38-24-25(2)44-36)35-31-17-14-26-22-28(40)16-18-29(26)30(31)20-21-37(32,35)3/h16,18,22,24,27,30-33,35,40-41H,4-15,17,19-21,23H2,1-3H3,(H,38,39)/t27-,30?,31?,32+,33?,35?,37-/m1/s1. The Labute approximate surface area is 269 Å². The summed E-state index contributed by atoms with van der Waals surface area (Å²) in [6.45, 7) is 6.67. The Morgan fingerprint density at radius 3 is 2.61 bits per heavy atom. The highest BCUT2D eigenvalue weighted by atomic mass is 32.1. The summed E-state index contributed by atoms with van der Waals surface area (Å²) in [6, 6.07) is 5.96. The van der Waals surface area contributed by atoms with E-state index in [4.69, 9.17) is 4.74 Å². The number of nitrogens with one attached hydrogen (secondary N) is 1. The third-order valence-corrected chi connectivity index (χ3v) is 12.1. The third kappa shape index (κ3) is 7.99. The Morgan fingerprint density at radius 1 is 1.14 bits per heavy atom. The van der Waals surface area contributed by atoms with E-state index in [0.717, 1.165) is 61.4 Å². The molecule has 3 N–H and O–H groups in total. The molecule has 7 atom stereocenters. The minimum atomic E-state index is -0.644. The zero-order valence-corrected chi connectivity index (χ0v) is 28.2. The summed E-state index contributed by atoms with van der Waals surface area (Å²) in [5.41, 5.74) is 2.66. The molecule has 244 valence electrons. The van der Waals surface area contributed by atoms with Gasteiger partial charge in [0.2, 0.25) is 0 Å². The molecule has 3 aliphatic carbocycles. The second-order valence-corrected chi connectivity index (χ2v) is 15.6. The van der Waals surface area contributed by atoms with Crippen molar-refractivity contribution in [1.29, 1.82) is 0 Å². The SMILES string of the molecule is CCCCCCCCCCCC(=O)O[C@H]1C[C@@H](CCC(O)Nc2ncc(C)s2)C2C3CCc4cc(O)ccc4C3CC[C@@]21C. The Morgan fingerprint density at radius 2 is 1.89 bits per heavy atom. The number of fused-ring (bicyclic) bond motifs is 5. The van der Waals surface area contributed by atoms with Crippen LogP contribution in [0.5, 0.6) is 5.75 Å². The quantitative estimate of drug-likeness (QED) is 0.0979. The van der Waals surface area contributed by atoms with E-state index in [-0.39, 0.29) is 17.5 Å². The molecule has 0 aliphatic heterocycles. The first kappa shape index (κ1) is 33.2. The number of hydrogen-bond acceptors (Lipinski definition) is 7. The lowest BCUT2D eigenvalue weighted by atomic mass is 9.53. The monoisotopic (exact) mass is 624 g/mol. The number of esters is 1. The number of carbonyl (C=O) groups is 1. The minimum absolute atomic E-state index is 0.0222. The molecule has 0 amide bonds. The van der Waals surface area contributed by atoms with Gasteiger partial charge in [0, 0.05) is 22.9 Å². The highest BCUT2D eigenvalue weighted by molar-refractivity contribution is 7.15. The number of unbranched alkanes of at least 4 members (excludes halogenated alkanes) is 8. The number of phenols is 1. The van der Waals surface area contributed by atoms with Gasteiger partial charge in [0.15, 0.2) is 5.13 Å². The van der Waals surface area contributed by atoms with Crippen molar-refractivity contribution in [3.8, 4) is 5.75 Å². The Kier molecular flexibility index (Phi) is 11.7. The Hall–Kier alpha value is -2.12. The smallest absolute Gasteiger partial charge is 0.306 e. The van der Waals surface area contributed by atoms with Gasteiger partial charge in [0.05, 0.1) is 0 Å². The molecule has 0 spiro atoms. The zero-order valence-electron chi connectivity index (χ0n) is 27.4. The first-order valence-electron chi connectivity index (χ1n) is 17.7. The molecule has 2 aromatic rings. The number of anilines is 1. The normalized spacial score (nSPS) is 28.1. The van der Waals surface area contributed by atoms with E-state index >= 15 is 0 Å². The molecule has 2 fully saturated rings. The molecule has 4 unspecified atom stereocenters. The van der Waals surface area contributed by atoms with E-state index in [0.29, 0.717) is 42.3 Å². The van der Waals surface area contributed by atoms with Crippen LogP contribution in [0, 0.1) is 30.1 Å². The van der Waals surface area contributed by atoms with Gasteiger partial charge in [-0.2, -0.15) is 0 Å². The second-order valence-electron chi connectivity index (χ2n) is 14.3. The van der Waals surface area contributed by atoms with E-state index in [1.807, 2.05) is 25.3 Å². The van der Waals surface area contributed by atoms with Crippen LogP contribution in [0.25, 0.3) is 0 Å². The first-order chi connectivity index (χ1) is 21.3. The number of nitrogens with zero attached hydrogens (tertiary/aromatic N) is 1. The van der Waals surface area contributed by atoms with Gasteiger partial charge < -0.3 is 20.3 Å². The van der Waals surface area contributed by atoms with Crippen LogP contribution in [0.15, 0.2) is 24.4 Å². The maximum Gasteiger partial charge on any atom is 0.306 e. The van der Waals surface area contributed by atoms with E-state index in [2.05, 4.69) is 30.2 Å². The number of aryl methyl sites for hydroxylation is 2. The number of carbonyl (C=O) groups excluding carboxylic acids is 1. The van der Waals surface area contributed by atoms with E-state index in [1.54, 1.807) is 11.3 Å². The largest absolute Gasteiger partial charge is 0.508 e. The molecule has 0 radical (unpaired) electrons. The Balaban J connectivity index is 1.21. The number of aromatic hydroxyl groups is 1. The molecule has 0 saturated heterocycles. The summed E-state index contributed by atoms with van der Waals surface area (Å²) in [4.78, 5) is 18.7. The van der Waals surface area contributed by atoms with Gasteiger partial charge in [0.1, 0.15) is 18.1 Å². The average Bonchev–Trinajstić information content (AvgIpc) is 3.53. The van der Waals surface area contributed by atoms with E-state index < -0.39 is 6.23 Å². The van der Waals surface area contributed by atoms with Crippen LogP contribution in [0.3, 0.4) is 0 Å². The molecule has 1 aromatic carbocycles. The number of thiazole rings is 1. The van der Waals surface area contributed by atoms with Gasteiger partial charge in [-0.25, -0.2) is 4.98 Å². The maximum atomic E-state index is 13.2. The van der Waals surface area contributed by atoms with Crippen LogP contribution in [0.1, 0.15) is 139 Å². The van der Waals surface area contributed by atoms with Crippen LogP contribution >= 0.6 is 11.3 Å². The van der Waals surface area contributed by atoms with Gasteiger partial charge in [-0.05, 0) is 105 Å². The lowest BCUT2D eigenvalue weighted by molar-refractivity contribution is -0.157. The zero-order chi connectivity index (χ0) is 31.1. The Bertz CT molecular complexity index is 1220. The predicted molar refractivity (Wildman–Crippen MR) is 179 cm³/mol. The molecule has 6 nitrogen and oxygen atoms in total. The van der Waals surface area contributed by atoms with Crippen molar-refractivity contribution in [3.05, 3.63) is 40.4 Å². The molecular formula is C37H56N2O4S. The summed E-state index contributed by atoms with van der Waals surface area (Å²) in [5, 5.41) is 25.0. The minimum Gasteiger partial charge on any atom is -0.508 e. The summed E-state index contributed by atoms with van der Waals surface area (Å²) in [5.74, 6) is 2.19. The lowest BCUT2D eigenvalue weighted by Crippen LogP contribution is -2.46. The molecule has 5 rings (SSSR count). The van der Waals surface area contributed by atoms with Crippen LogP contribution in [-0.4, -0.2) is 33.5 Å². The van der Waals surface area contributed by atoms with E-state index in [9.17, 15) is 15.0 Å². The fourth-order valence-corrected chi connectivity index (χ4v) is 9.80. The molecular weight excluding hydrogens is 568 g/mol. The van der Waals surface area contributed by atoms with Crippen molar-refractivity contribution >= 4 is 22.4 Å². The number of hydrogen-bond donors (Lipinski definition) is 3. The highest BCUT2D eigenvalue weighted by Crippen LogP contribution is 2.64. The average molecular weight is 625 g/mol. The van der Waals surface area contributed by atoms with Gasteiger partial charge in [-0.3, -0.25) is 4.79 Å². The van der Waals surface area contributed by atoms with Gasteiger partial charge in [-0.15, -0.1) is 11.3 Å². The highest BCUT2D eigenvalue weighted by Gasteiger charge is 2.59. The van der Waals surface area contributed by atoms with Crippen molar-refractivity contribution in [2.24, 2.45) is 23.2 Å². The van der Waals surface area contributed by atoms with Gasteiger partial charge in [0.25, 0.3) is 0 Å². The van der Waals surface area contributed by atoms with E-state index in [1.165, 1.54) is 56.1 Å². The third-order valence-electron chi connectivity index (χ3n) is 11.2. The van der Waals surface area contributed by atoms with Gasteiger partial charge >= 0.3 is 5.97 Å². The summed E-state index contributed by atoms with van der Waals surface area (Å²) in [6.07, 6.45) is 19.5. The predicted octanol–water partition coefficient (Wildman–Crippen LogP) is 9.28. The van der Waals surface area contributed by atoms with Crippen LogP contribution in [-0.2, 0) is 16.0 Å². The number of ether oxygens (including phenoxy) is 1. The fraction of sp³-hybridized carbons (Fsp3) is 0.730. The number of phenolic OH excluding ortho intramolecular Hbond substituents is 1. The van der Waals surface area contributed by atoms with Crippen molar-refractivity contribution in [2.75, 3.05) is 5.32 Å². The molecule has 44 heavy (non-hydrogen) atoms. The summed E-state index contributed by atoms with van der Waals surface area (Å²) >= 11 is 1.57. The van der Waals surface area contributed by atoms with Crippen LogP contribution < -0.4 is 5.32 Å². The summed E-state index contributed by atoms with van der Waals surface area (Å²) < 4.78 is 6.40. The van der Waals surface area contributed by atoms with Crippen LogP contribution in [0.2, 0.25) is 0 Å². The molecule has 1 aromatic heterocycles. The molecule has 0 bridgehead atoms. The second kappa shape index (κ2) is 15.4. The molecule has 3 aliphatic rings. The number of aromatic nitrogens is 1. The summed E-state index contributed by atoms with van der Waals surface area (Å²) in [7, 11) is 0. The van der Waals surface area contributed by atoms with Crippen molar-refractivity contribution in [2.45, 2.75) is 148 Å². The number of aliphatic hydroxyl groups is 1. The fourth-order valence-electron chi connectivity index (χ4n) is 9.09.